The molecule has 0 bridgehead atoms. The Hall–Kier alpha value is -0.760. The molecule has 0 aliphatic carbocycles. The van der Waals surface area contributed by atoms with Crippen LogP contribution in [0.3, 0.4) is 0 Å². The fraction of sp³-hybridized carbons (Fsp3) is 0.200. The van der Waals surface area contributed by atoms with Crippen molar-refractivity contribution in [1.82, 2.24) is 0 Å². The quantitative estimate of drug-likeness (QED) is 0.378. The molecule has 0 amide bonds. The first-order chi connectivity index (χ1) is 7.54. The highest BCUT2D eigenvalue weighted by Crippen LogP contribution is 2.22. The maximum absolute atomic E-state index is 11.2. The monoisotopic (exact) mass is 352 g/mol. The van der Waals surface area contributed by atoms with Crippen LogP contribution in [0.2, 0.25) is 0 Å². The van der Waals surface area contributed by atoms with E-state index in [9.17, 15) is 9.59 Å². The van der Waals surface area contributed by atoms with Gasteiger partial charge in [-0.2, -0.15) is 12.6 Å². The summed E-state index contributed by atoms with van der Waals surface area (Å²) in [4.78, 5) is 21.9. The van der Waals surface area contributed by atoms with Crippen LogP contribution in [0.4, 0.5) is 0 Å². The molecule has 6 heteroatoms. The minimum Gasteiger partial charge on any atom is -0.478 e. The largest absolute Gasteiger partial charge is 0.478 e. The summed E-state index contributed by atoms with van der Waals surface area (Å²) in [6, 6.07) is 4.32. The highest BCUT2D eigenvalue weighted by atomic mass is 127. The molecule has 1 rings (SSSR count). The van der Waals surface area contributed by atoms with Crippen molar-refractivity contribution < 1.29 is 19.4 Å². The molecule has 0 aliphatic rings. The number of hydrogen-bond acceptors (Lipinski definition) is 4. The Morgan fingerprint density at radius 3 is 2.62 bits per heavy atom. The van der Waals surface area contributed by atoms with Crippen molar-refractivity contribution in [2.75, 3.05) is 5.75 Å². The van der Waals surface area contributed by atoms with Gasteiger partial charge in [-0.15, -0.1) is 0 Å². The molecular formula is C10H9IO4S. The van der Waals surface area contributed by atoms with Crippen molar-refractivity contribution in [1.29, 1.82) is 0 Å². The van der Waals surface area contributed by atoms with E-state index in [1.54, 1.807) is 0 Å². The van der Waals surface area contributed by atoms with Gasteiger partial charge in [0.2, 0.25) is 0 Å². The molecule has 1 N–H and O–H groups in total. The van der Waals surface area contributed by atoms with Crippen LogP contribution in [0.25, 0.3) is 0 Å². The Balaban J connectivity index is 2.83. The number of carbonyl (C=O) groups is 2. The zero-order chi connectivity index (χ0) is 12.1. The normalized spacial score (nSPS) is 9.88. The zero-order valence-corrected chi connectivity index (χ0v) is 11.2. The van der Waals surface area contributed by atoms with Gasteiger partial charge in [0.1, 0.15) is 5.75 Å². The molecule has 0 fully saturated rings. The van der Waals surface area contributed by atoms with Gasteiger partial charge in [-0.1, -0.05) is 0 Å². The molecule has 4 nitrogen and oxygen atoms in total. The summed E-state index contributed by atoms with van der Waals surface area (Å²) in [5.41, 5.74) is 0.165. The first-order valence-corrected chi connectivity index (χ1v) is 6.10. The Morgan fingerprint density at radius 1 is 1.44 bits per heavy atom. The second-order valence-corrected chi connectivity index (χ2v) is 4.51. The van der Waals surface area contributed by atoms with Crippen LogP contribution >= 0.6 is 35.2 Å². The Morgan fingerprint density at radius 2 is 2.12 bits per heavy atom. The lowest BCUT2D eigenvalue weighted by molar-refractivity contribution is -0.133. The van der Waals surface area contributed by atoms with E-state index in [1.165, 1.54) is 18.2 Å². The summed E-state index contributed by atoms with van der Waals surface area (Å²) >= 11 is 5.84. The SMILES string of the molecule is O=C(CCS)Oc1ccc(C(=O)O)cc1I. The van der Waals surface area contributed by atoms with E-state index >= 15 is 0 Å². The topological polar surface area (TPSA) is 63.6 Å². The van der Waals surface area contributed by atoms with Gasteiger partial charge in [0, 0.05) is 5.75 Å². The molecule has 16 heavy (non-hydrogen) atoms. The van der Waals surface area contributed by atoms with Crippen LogP contribution in [0, 0.1) is 3.57 Å². The summed E-state index contributed by atoms with van der Waals surface area (Å²) in [7, 11) is 0. The number of benzene rings is 1. The first-order valence-electron chi connectivity index (χ1n) is 4.39. The van der Waals surface area contributed by atoms with Crippen molar-refractivity contribution in [3.63, 3.8) is 0 Å². The summed E-state index contributed by atoms with van der Waals surface area (Å²) in [5, 5.41) is 8.75. The number of ether oxygens (including phenoxy) is 1. The standard InChI is InChI=1S/C10H9IO4S/c11-7-5-6(10(13)14)1-2-8(7)15-9(12)3-4-16/h1-2,5,16H,3-4H2,(H,13,14). The maximum Gasteiger partial charge on any atom is 0.335 e. The van der Waals surface area contributed by atoms with Gasteiger partial charge in [0.25, 0.3) is 0 Å². The predicted octanol–water partition coefficient (Wildman–Crippen LogP) is 2.21. The first kappa shape index (κ1) is 13.3. The molecule has 0 aromatic heterocycles. The van der Waals surface area contributed by atoms with Crippen LogP contribution in [-0.2, 0) is 4.79 Å². The summed E-state index contributed by atoms with van der Waals surface area (Å²) in [6.07, 6.45) is 0.222. The Kier molecular flexibility index (Phi) is 5.07. The van der Waals surface area contributed by atoms with E-state index in [0.29, 0.717) is 15.1 Å². The van der Waals surface area contributed by atoms with Crippen LogP contribution < -0.4 is 4.74 Å². The molecule has 1 aromatic rings. The van der Waals surface area contributed by atoms with Crippen LogP contribution in [-0.4, -0.2) is 22.8 Å². The van der Waals surface area contributed by atoms with Gasteiger partial charge in [-0.3, -0.25) is 4.79 Å². The molecule has 0 spiro atoms. The lowest BCUT2D eigenvalue weighted by Gasteiger charge is -2.06. The van der Waals surface area contributed by atoms with Gasteiger partial charge < -0.3 is 9.84 Å². The molecule has 0 saturated carbocycles. The zero-order valence-electron chi connectivity index (χ0n) is 8.14. The van der Waals surface area contributed by atoms with E-state index in [1.807, 2.05) is 22.6 Å². The number of carboxylic acid groups (broad SMARTS) is 1. The number of thiol groups is 1. The van der Waals surface area contributed by atoms with Crippen LogP contribution in [0.1, 0.15) is 16.8 Å². The molecule has 0 unspecified atom stereocenters. The van der Waals surface area contributed by atoms with E-state index in [0.717, 1.165) is 0 Å². The highest BCUT2D eigenvalue weighted by Gasteiger charge is 2.10. The molecule has 0 aliphatic heterocycles. The molecular weight excluding hydrogens is 343 g/mol. The molecule has 1 aromatic carbocycles. The number of aromatic carboxylic acids is 1. The second-order valence-electron chi connectivity index (χ2n) is 2.90. The van der Waals surface area contributed by atoms with E-state index in [-0.39, 0.29) is 18.0 Å². The number of hydrogen-bond donors (Lipinski definition) is 2. The van der Waals surface area contributed by atoms with Crippen molar-refractivity contribution in [2.24, 2.45) is 0 Å². The van der Waals surface area contributed by atoms with Gasteiger partial charge in [-0.25, -0.2) is 4.79 Å². The number of esters is 1. The maximum atomic E-state index is 11.2. The van der Waals surface area contributed by atoms with Gasteiger partial charge in [0.05, 0.1) is 15.6 Å². The smallest absolute Gasteiger partial charge is 0.335 e. The molecule has 0 heterocycles. The lowest BCUT2D eigenvalue weighted by atomic mass is 10.2. The van der Waals surface area contributed by atoms with E-state index in [2.05, 4.69) is 12.6 Å². The summed E-state index contributed by atoms with van der Waals surface area (Å²) in [6.45, 7) is 0. The Bertz CT molecular complexity index is 419. The minimum absolute atomic E-state index is 0.165. The minimum atomic E-state index is -1.01. The van der Waals surface area contributed by atoms with Crippen molar-refractivity contribution in [3.8, 4) is 5.75 Å². The lowest BCUT2D eigenvalue weighted by Crippen LogP contribution is -2.09. The van der Waals surface area contributed by atoms with Crippen molar-refractivity contribution >= 4 is 47.2 Å². The number of halogens is 1. The van der Waals surface area contributed by atoms with Crippen LogP contribution in [0.15, 0.2) is 18.2 Å². The van der Waals surface area contributed by atoms with E-state index < -0.39 is 5.97 Å². The predicted molar refractivity (Wildman–Crippen MR) is 70.2 cm³/mol. The summed E-state index contributed by atoms with van der Waals surface area (Å²) in [5.74, 6) is -0.595. The van der Waals surface area contributed by atoms with Crippen molar-refractivity contribution in [2.45, 2.75) is 6.42 Å². The molecule has 0 atom stereocenters. The fourth-order valence-electron chi connectivity index (χ4n) is 0.982. The summed E-state index contributed by atoms with van der Waals surface area (Å²) < 4.78 is 5.62. The fourth-order valence-corrected chi connectivity index (χ4v) is 1.79. The van der Waals surface area contributed by atoms with Gasteiger partial charge in [-0.05, 0) is 40.8 Å². The molecule has 0 saturated heterocycles. The van der Waals surface area contributed by atoms with Crippen molar-refractivity contribution in [3.05, 3.63) is 27.3 Å². The third-order valence-electron chi connectivity index (χ3n) is 1.72. The number of carboxylic acids is 1. The van der Waals surface area contributed by atoms with Crippen LogP contribution in [0.5, 0.6) is 5.75 Å². The van der Waals surface area contributed by atoms with E-state index in [4.69, 9.17) is 9.84 Å². The highest BCUT2D eigenvalue weighted by molar-refractivity contribution is 14.1. The molecule has 0 radical (unpaired) electrons. The number of carbonyl (C=O) groups excluding carboxylic acids is 1. The molecule has 86 valence electrons. The van der Waals surface area contributed by atoms with Gasteiger partial charge >= 0.3 is 11.9 Å². The third-order valence-corrected chi connectivity index (χ3v) is 2.79. The average molecular weight is 352 g/mol. The third kappa shape index (κ3) is 3.67. The second kappa shape index (κ2) is 6.09. The Labute approximate surface area is 112 Å². The average Bonchev–Trinajstić information content (AvgIpc) is 2.21. The number of rotatable bonds is 4. The van der Waals surface area contributed by atoms with Gasteiger partial charge in [0.15, 0.2) is 0 Å².